The van der Waals surface area contributed by atoms with Crippen molar-refractivity contribution in [1.82, 2.24) is 0 Å². The molecule has 0 aromatic heterocycles. The van der Waals surface area contributed by atoms with Crippen LogP contribution < -0.4 is 0 Å². The van der Waals surface area contributed by atoms with E-state index in [9.17, 15) is 9.46 Å². The number of hydrogen-bond donors (Lipinski definition) is 1. The molecule has 108 valence electrons. The summed E-state index contributed by atoms with van der Waals surface area (Å²) in [6.07, 6.45) is 4.44. The molecular formula is C15H25O3P. The second-order valence-corrected chi connectivity index (χ2v) is 6.89. The molecule has 2 unspecified atom stereocenters. The molecule has 3 nitrogen and oxygen atoms in total. The second kappa shape index (κ2) is 8.52. The Hall–Kier alpha value is -0.630. The number of hydrogen-bond acceptors (Lipinski definition) is 2. The molecular weight excluding hydrogens is 259 g/mol. The maximum absolute atomic E-state index is 12.1. The zero-order chi connectivity index (χ0) is 14.1. The molecule has 0 saturated heterocycles. The average molecular weight is 284 g/mol. The van der Waals surface area contributed by atoms with Gasteiger partial charge in [0.15, 0.2) is 0 Å². The van der Waals surface area contributed by atoms with E-state index in [2.05, 4.69) is 13.8 Å². The van der Waals surface area contributed by atoms with Gasteiger partial charge in [0.1, 0.15) is 0 Å². The van der Waals surface area contributed by atoms with Crippen LogP contribution in [0.25, 0.3) is 0 Å². The average Bonchev–Trinajstić information content (AvgIpc) is 2.42. The summed E-state index contributed by atoms with van der Waals surface area (Å²) in [7, 11) is -3.47. The van der Waals surface area contributed by atoms with Crippen molar-refractivity contribution in [1.29, 1.82) is 0 Å². The van der Waals surface area contributed by atoms with E-state index < -0.39 is 7.60 Å². The van der Waals surface area contributed by atoms with Crippen molar-refractivity contribution >= 4 is 7.60 Å². The maximum Gasteiger partial charge on any atom is 0.328 e. The lowest BCUT2D eigenvalue weighted by Gasteiger charge is -2.18. The Bertz CT molecular complexity index is 392. The summed E-state index contributed by atoms with van der Waals surface area (Å²) in [5.41, 5.74) is 0.929. The zero-order valence-corrected chi connectivity index (χ0v) is 12.8. The predicted molar refractivity (Wildman–Crippen MR) is 79.2 cm³/mol. The Balaban J connectivity index is 2.44. The van der Waals surface area contributed by atoms with Crippen LogP contribution in [-0.4, -0.2) is 11.1 Å². The van der Waals surface area contributed by atoms with Gasteiger partial charge in [-0.1, -0.05) is 63.4 Å². The SMILES string of the molecule is CCCCC(CC)CP(=O)(O)OCc1ccccc1. The number of benzene rings is 1. The zero-order valence-electron chi connectivity index (χ0n) is 11.9. The summed E-state index contributed by atoms with van der Waals surface area (Å²) < 4.78 is 17.3. The molecule has 0 saturated carbocycles. The third-order valence-electron chi connectivity index (χ3n) is 3.31. The van der Waals surface area contributed by atoms with Crippen molar-refractivity contribution in [2.75, 3.05) is 6.16 Å². The van der Waals surface area contributed by atoms with Crippen molar-refractivity contribution in [2.45, 2.75) is 46.1 Å². The first-order valence-electron chi connectivity index (χ1n) is 7.07. The molecule has 0 aliphatic heterocycles. The third-order valence-corrected chi connectivity index (χ3v) is 4.82. The Labute approximate surface area is 116 Å². The van der Waals surface area contributed by atoms with Gasteiger partial charge in [-0.15, -0.1) is 0 Å². The first-order chi connectivity index (χ1) is 9.07. The Morgan fingerprint density at radius 2 is 1.95 bits per heavy atom. The highest BCUT2D eigenvalue weighted by molar-refractivity contribution is 7.52. The lowest BCUT2D eigenvalue weighted by atomic mass is 10.0. The molecule has 1 aromatic rings. The van der Waals surface area contributed by atoms with E-state index >= 15 is 0 Å². The fourth-order valence-electron chi connectivity index (χ4n) is 2.05. The minimum Gasteiger partial charge on any atom is -0.324 e. The van der Waals surface area contributed by atoms with E-state index in [1.807, 2.05) is 30.3 Å². The quantitative estimate of drug-likeness (QED) is 0.674. The minimum absolute atomic E-state index is 0.207. The molecule has 0 aliphatic rings. The summed E-state index contributed by atoms with van der Waals surface area (Å²) in [5, 5.41) is 0. The molecule has 19 heavy (non-hydrogen) atoms. The van der Waals surface area contributed by atoms with Gasteiger partial charge in [-0.05, 0) is 17.9 Å². The molecule has 0 aliphatic carbocycles. The maximum atomic E-state index is 12.1. The summed E-state index contributed by atoms with van der Waals surface area (Å²) in [4.78, 5) is 9.91. The van der Waals surface area contributed by atoms with Crippen molar-refractivity contribution in [3.63, 3.8) is 0 Å². The van der Waals surface area contributed by atoms with Crippen LogP contribution in [0.15, 0.2) is 30.3 Å². The van der Waals surface area contributed by atoms with Gasteiger partial charge in [-0.2, -0.15) is 0 Å². The van der Waals surface area contributed by atoms with Crippen LogP contribution in [0.2, 0.25) is 0 Å². The van der Waals surface area contributed by atoms with E-state index in [1.165, 1.54) is 0 Å². The highest BCUT2D eigenvalue weighted by Crippen LogP contribution is 2.46. The Morgan fingerprint density at radius 3 is 2.53 bits per heavy atom. The Kier molecular flexibility index (Phi) is 7.37. The van der Waals surface area contributed by atoms with Crippen LogP contribution in [0, 0.1) is 5.92 Å². The highest BCUT2D eigenvalue weighted by atomic mass is 31.2. The van der Waals surface area contributed by atoms with Crippen LogP contribution in [0.1, 0.15) is 45.1 Å². The summed E-state index contributed by atoms with van der Waals surface area (Å²) >= 11 is 0. The molecule has 2 atom stereocenters. The van der Waals surface area contributed by atoms with Gasteiger partial charge in [0.2, 0.25) is 0 Å². The molecule has 0 heterocycles. The van der Waals surface area contributed by atoms with E-state index in [-0.39, 0.29) is 18.7 Å². The van der Waals surface area contributed by atoms with Gasteiger partial charge in [0.05, 0.1) is 12.8 Å². The van der Waals surface area contributed by atoms with Crippen LogP contribution in [0.5, 0.6) is 0 Å². The first-order valence-corrected chi connectivity index (χ1v) is 8.84. The van der Waals surface area contributed by atoms with E-state index in [0.29, 0.717) is 0 Å². The van der Waals surface area contributed by atoms with E-state index in [1.54, 1.807) is 0 Å². The van der Waals surface area contributed by atoms with Crippen molar-refractivity contribution < 1.29 is 14.0 Å². The van der Waals surface area contributed by atoms with Crippen molar-refractivity contribution in [3.8, 4) is 0 Å². The smallest absolute Gasteiger partial charge is 0.324 e. The van der Waals surface area contributed by atoms with E-state index in [0.717, 1.165) is 31.2 Å². The van der Waals surface area contributed by atoms with Crippen LogP contribution in [0.4, 0.5) is 0 Å². The third kappa shape index (κ3) is 6.91. The van der Waals surface area contributed by atoms with Crippen LogP contribution in [-0.2, 0) is 15.7 Å². The largest absolute Gasteiger partial charge is 0.328 e. The van der Waals surface area contributed by atoms with Gasteiger partial charge in [0, 0.05) is 0 Å². The molecule has 0 radical (unpaired) electrons. The molecule has 0 bridgehead atoms. The highest BCUT2D eigenvalue weighted by Gasteiger charge is 2.24. The molecule has 0 fully saturated rings. The summed E-state index contributed by atoms with van der Waals surface area (Å²) in [5.74, 6) is 0.284. The lowest BCUT2D eigenvalue weighted by molar-refractivity contribution is 0.243. The van der Waals surface area contributed by atoms with Gasteiger partial charge < -0.3 is 9.42 Å². The number of rotatable bonds is 9. The molecule has 1 aromatic carbocycles. The first kappa shape index (κ1) is 16.4. The molecule has 1 rings (SSSR count). The number of unbranched alkanes of at least 4 members (excludes halogenated alkanes) is 1. The fourth-order valence-corrected chi connectivity index (χ4v) is 3.60. The van der Waals surface area contributed by atoms with Crippen molar-refractivity contribution in [3.05, 3.63) is 35.9 Å². The summed E-state index contributed by atoms with van der Waals surface area (Å²) in [6.45, 7) is 4.41. The van der Waals surface area contributed by atoms with Crippen LogP contribution in [0.3, 0.4) is 0 Å². The van der Waals surface area contributed by atoms with Gasteiger partial charge >= 0.3 is 7.60 Å². The normalized spacial score (nSPS) is 15.9. The molecule has 1 N–H and O–H groups in total. The standard InChI is InChI=1S/C15H25O3P/c1-3-5-9-14(4-2)13-19(16,17)18-12-15-10-7-6-8-11-15/h6-8,10-11,14H,3-5,9,12-13H2,1-2H3,(H,16,17). The second-order valence-electron chi connectivity index (χ2n) is 5.00. The lowest BCUT2D eigenvalue weighted by Crippen LogP contribution is -2.07. The Morgan fingerprint density at radius 1 is 1.26 bits per heavy atom. The monoisotopic (exact) mass is 284 g/mol. The molecule has 0 amide bonds. The molecule has 4 heteroatoms. The van der Waals surface area contributed by atoms with Gasteiger partial charge in [-0.25, -0.2) is 0 Å². The van der Waals surface area contributed by atoms with Gasteiger partial charge in [0.25, 0.3) is 0 Å². The predicted octanol–water partition coefficient (Wildman–Crippen LogP) is 4.61. The van der Waals surface area contributed by atoms with Crippen molar-refractivity contribution in [2.24, 2.45) is 5.92 Å². The van der Waals surface area contributed by atoms with Crippen LogP contribution >= 0.6 is 7.60 Å². The minimum atomic E-state index is -3.47. The summed E-state index contributed by atoms with van der Waals surface area (Å²) in [6, 6.07) is 9.51. The van der Waals surface area contributed by atoms with Gasteiger partial charge in [-0.3, -0.25) is 4.57 Å². The fraction of sp³-hybridized carbons (Fsp3) is 0.600. The molecule has 0 spiro atoms. The van der Waals surface area contributed by atoms with E-state index in [4.69, 9.17) is 4.52 Å². The topological polar surface area (TPSA) is 46.5 Å².